The van der Waals surface area contributed by atoms with Crippen molar-refractivity contribution in [3.05, 3.63) is 22.4 Å². The number of carbonyl (C=O) groups excluding carboxylic acids is 1. The summed E-state index contributed by atoms with van der Waals surface area (Å²) in [5, 5.41) is 14.4. The second-order valence-electron chi connectivity index (χ2n) is 6.42. The van der Waals surface area contributed by atoms with Crippen molar-refractivity contribution in [2.24, 2.45) is 0 Å². The lowest BCUT2D eigenvalue weighted by Gasteiger charge is -2.48. The minimum Gasteiger partial charge on any atom is -0.387 e. The molecule has 1 N–H and O–H groups in total. The highest BCUT2D eigenvalue weighted by Crippen LogP contribution is 2.40. The molecule has 1 aromatic rings. The van der Waals surface area contributed by atoms with Crippen LogP contribution in [0.25, 0.3) is 0 Å². The van der Waals surface area contributed by atoms with Crippen molar-refractivity contribution in [3.63, 3.8) is 0 Å². The number of thiophene rings is 1. The third-order valence-electron chi connectivity index (χ3n) is 4.77. The number of hydrogen-bond acceptors (Lipinski definition) is 5. The topological polar surface area (TPSA) is 59.0 Å². The summed E-state index contributed by atoms with van der Waals surface area (Å²) in [4.78, 5) is 14.3. The molecule has 0 saturated carbocycles. The third kappa shape index (κ3) is 3.20. The molecular weight excluding hydrogens is 302 g/mol. The molecule has 2 fully saturated rings. The van der Waals surface area contributed by atoms with Gasteiger partial charge in [0.15, 0.2) is 0 Å². The third-order valence-corrected chi connectivity index (χ3v) is 5.45. The second kappa shape index (κ2) is 6.28. The van der Waals surface area contributed by atoms with Crippen LogP contribution in [-0.4, -0.2) is 60.5 Å². The SMILES string of the molecule is COCC1(O)CCOC2(CCN(C(=O)c3ccsc3)CC2)C1. The molecule has 0 bridgehead atoms. The summed E-state index contributed by atoms with van der Waals surface area (Å²) in [5.41, 5.74) is -0.342. The predicted octanol–water partition coefficient (Wildman–Crippen LogP) is 1.91. The van der Waals surface area contributed by atoms with Crippen LogP contribution >= 0.6 is 11.3 Å². The van der Waals surface area contributed by atoms with Crippen LogP contribution in [-0.2, 0) is 9.47 Å². The average Bonchev–Trinajstić information content (AvgIpc) is 3.01. The molecule has 22 heavy (non-hydrogen) atoms. The minimum absolute atomic E-state index is 0.0964. The number of methoxy groups -OCH3 is 1. The summed E-state index contributed by atoms with van der Waals surface area (Å²) < 4.78 is 11.2. The molecule has 0 radical (unpaired) electrons. The van der Waals surface area contributed by atoms with Crippen LogP contribution in [0.15, 0.2) is 16.8 Å². The maximum atomic E-state index is 12.4. The summed E-state index contributed by atoms with van der Waals surface area (Å²) in [6, 6.07) is 1.87. The summed E-state index contributed by atoms with van der Waals surface area (Å²) >= 11 is 1.54. The van der Waals surface area contributed by atoms with Gasteiger partial charge in [-0.2, -0.15) is 11.3 Å². The van der Waals surface area contributed by atoms with E-state index < -0.39 is 5.60 Å². The quantitative estimate of drug-likeness (QED) is 0.922. The Morgan fingerprint density at radius 1 is 1.45 bits per heavy atom. The Morgan fingerprint density at radius 2 is 2.23 bits per heavy atom. The Morgan fingerprint density at radius 3 is 2.86 bits per heavy atom. The zero-order valence-electron chi connectivity index (χ0n) is 12.9. The molecule has 0 aromatic carbocycles. The molecule has 6 heteroatoms. The molecule has 5 nitrogen and oxygen atoms in total. The van der Waals surface area contributed by atoms with Gasteiger partial charge in [0.1, 0.15) is 0 Å². The first-order valence-electron chi connectivity index (χ1n) is 7.73. The lowest BCUT2D eigenvalue weighted by Crippen LogP contribution is -2.56. The summed E-state index contributed by atoms with van der Waals surface area (Å²) in [6.07, 6.45) is 2.75. The lowest BCUT2D eigenvalue weighted by molar-refractivity contribution is -0.189. The zero-order chi connectivity index (χ0) is 15.6. The number of rotatable bonds is 3. The Hall–Kier alpha value is -0.950. The van der Waals surface area contributed by atoms with Gasteiger partial charge in [-0.1, -0.05) is 0 Å². The van der Waals surface area contributed by atoms with Crippen LogP contribution in [0.4, 0.5) is 0 Å². The first kappa shape index (κ1) is 15.9. The number of hydrogen-bond donors (Lipinski definition) is 1. The molecule has 3 rings (SSSR count). The smallest absolute Gasteiger partial charge is 0.254 e. The van der Waals surface area contributed by atoms with E-state index in [2.05, 4.69) is 0 Å². The second-order valence-corrected chi connectivity index (χ2v) is 7.20. The zero-order valence-corrected chi connectivity index (χ0v) is 13.7. The number of nitrogens with zero attached hydrogens (tertiary/aromatic N) is 1. The van der Waals surface area contributed by atoms with Crippen molar-refractivity contribution in [3.8, 4) is 0 Å². The molecule has 2 aliphatic heterocycles. The number of amides is 1. The van der Waals surface area contributed by atoms with Gasteiger partial charge < -0.3 is 19.5 Å². The number of likely N-dealkylation sites (tertiary alicyclic amines) is 1. The molecule has 1 amide bonds. The highest BCUT2D eigenvalue weighted by molar-refractivity contribution is 7.08. The Balaban J connectivity index is 1.62. The van der Waals surface area contributed by atoms with Crippen molar-refractivity contribution < 1.29 is 19.4 Å². The molecule has 1 atom stereocenters. The van der Waals surface area contributed by atoms with E-state index in [0.29, 0.717) is 39.1 Å². The van der Waals surface area contributed by atoms with Crippen LogP contribution < -0.4 is 0 Å². The van der Waals surface area contributed by atoms with E-state index in [0.717, 1.165) is 18.4 Å². The highest BCUT2D eigenvalue weighted by atomic mass is 32.1. The van der Waals surface area contributed by atoms with Gasteiger partial charge >= 0.3 is 0 Å². The van der Waals surface area contributed by atoms with Crippen molar-refractivity contribution in [2.45, 2.75) is 36.9 Å². The van der Waals surface area contributed by atoms with Gasteiger partial charge in [-0.15, -0.1) is 0 Å². The van der Waals surface area contributed by atoms with E-state index in [1.165, 1.54) is 11.3 Å². The van der Waals surface area contributed by atoms with E-state index in [4.69, 9.17) is 9.47 Å². The van der Waals surface area contributed by atoms with Gasteiger partial charge in [0.2, 0.25) is 0 Å². The Labute approximate surface area is 134 Å². The Bertz CT molecular complexity index is 506. The first-order chi connectivity index (χ1) is 10.6. The molecule has 2 saturated heterocycles. The molecular formula is C16H23NO4S. The van der Waals surface area contributed by atoms with E-state index in [-0.39, 0.29) is 11.5 Å². The van der Waals surface area contributed by atoms with Crippen LogP contribution in [0.1, 0.15) is 36.0 Å². The summed E-state index contributed by atoms with van der Waals surface area (Å²) in [6.45, 7) is 2.25. The van der Waals surface area contributed by atoms with Gasteiger partial charge in [0.05, 0.1) is 30.0 Å². The molecule has 1 spiro atoms. The predicted molar refractivity (Wildman–Crippen MR) is 84.2 cm³/mol. The monoisotopic (exact) mass is 325 g/mol. The molecule has 3 heterocycles. The molecule has 1 unspecified atom stereocenters. The van der Waals surface area contributed by atoms with E-state index in [9.17, 15) is 9.90 Å². The number of piperidine rings is 1. The van der Waals surface area contributed by atoms with Gasteiger partial charge in [-0.3, -0.25) is 4.79 Å². The van der Waals surface area contributed by atoms with Crippen LogP contribution in [0.2, 0.25) is 0 Å². The molecule has 2 aliphatic rings. The largest absolute Gasteiger partial charge is 0.387 e. The van der Waals surface area contributed by atoms with Crippen molar-refractivity contribution in [1.29, 1.82) is 0 Å². The van der Waals surface area contributed by atoms with Crippen LogP contribution in [0.3, 0.4) is 0 Å². The van der Waals surface area contributed by atoms with Crippen molar-refractivity contribution in [2.75, 3.05) is 33.4 Å². The normalized spacial score (nSPS) is 28.0. The maximum absolute atomic E-state index is 12.4. The summed E-state index contributed by atoms with van der Waals surface area (Å²) in [5.74, 6) is 0.0964. The number of carbonyl (C=O) groups is 1. The van der Waals surface area contributed by atoms with Crippen LogP contribution in [0.5, 0.6) is 0 Å². The fraction of sp³-hybridized carbons (Fsp3) is 0.688. The van der Waals surface area contributed by atoms with E-state index in [1.807, 2.05) is 21.7 Å². The average molecular weight is 325 g/mol. The van der Waals surface area contributed by atoms with E-state index in [1.54, 1.807) is 7.11 Å². The minimum atomic E-state index is -0.799. The fourth-order valence-electron chi connectivity index (χ4n) is 3.60. The first-order valence-corrected chi connectivity index (χ1v) is 8.67. The van der Waals surface area contributed by atoms with Crippen molar-refractivity contribution >= 4 is 17.2 Å². The van der Waals surface area contributed by atoms with Crippen molar-refractivity contribution in [1.82, 2.24) is 4.90 Å². The fourth-order valence-corrected chi connectivity index (χ4v) is 4.23. The van der Waals surface area contributed by atoms with Gasteiger partial charge in [-0.25, -0.2) is 0 Å². The number of ether oxygens (including phenoxy) is 2. The standard InChI is InChI=1S/C16H23NO4S/c1-20-12-15(19)5-8-21-16(11-15)3-6-17(7-4-16)14(18)13-2-9-22-10-13/h2,9-10,19H,3-8,11-12H2,1H3. The highest BCUT2D eigenvalue weighted by Gasteiger charge is 2.47. The molecule has 1 aromatic heterocycles. The maximum Gasteiger partial charge on any atom is 0.254 e. The molecule has 122 valence electrons. The lowest BCUT2D eigenvalue weighted by atomic mass is 9.77. The summed E-state index contributed by atoms with van der Waals surface area (Å²) in [7, 11) is 1.61. The van der Waals surface area contributed by atoms with Crippen LogP contribution in [0, 0.1) is 0 Å². The number of aliphatic hydroxyl groups is 1. The van der Waals surface area contributed by atoms with E-state index >= 15 is 0 Å². The van der Waals surface area contributed by atoms with Gasteiger partial charge in [0, 0.05) is 38.4 Å². The Kier molecular flexibility index (Phi) is 4.54. The molecule has 0 aliphatic carbocycles. The van der Waals surface area contributed by atoms with Gasteiger partial charge in [-0.05, 0) is 24.3 Å². The van der Waals surface area contributed by atoms with Gasteiger partial charge in [0.25, 0.3) is 5.91 Å².